The molecule has 0 aromatic heterocycles. The maximum atomic E-state index is 2.47. The summed E-state index contributed by atoms with van der Waals surface area (Å²) in [5, 5.41) is 12.5. The molecule has 2 heteroatoms. The lowest BCUT2D eigenvalue weighted by molar-refractivity contribution is 1.29. The van der Waals surface area contributed by atoms with Crippen molar-refractivity contribution >= 4 is 112 Å². The lowest BCUT2D eigenvalue weighted by atomic mass is 9.85. The van der Waals surface area contributed by atoms with Crippen LogP contribution < -0.4 is 9.80 Å². The fourth-order valence-corrected chi connectivity index (χ4v) is 10.4. The van der Waals surface area contributed by atoms with Gasteiger partial charge >= 0.3 is 0 Å². The minimum absolute atomic E-state index is 1.11. The molecule has 334 valence electrons. The maximum Gasteiger partial charge on any atom is 0.0619 e. The van der Waals surface area contributed by atoms with E-state index in [1.54, 1.807) is 0 Å². The van der Waals surface area contributed by atoms with Crippen molar-refractivity contribution in [3.8, 4) is 0 Å². The summed E-state index contributed by atoms with van der Waals surface area (Å²) in [5.41, 5.74) is 16.5. The van der Waals surface area contributed by atoms with Gasteiger partial charge in [-0.25, -0.2) is 0 Å². The van der Waals surface area contributed by atoms with Gasteiger partial charge in [-0.2, -0.15) is 0 Å². The summed E-state index contributed by atoms with van der Waals surface area (Å²) in [6, 6.07) is 80.8. The summed E-state index contributed by atoms with van der Waals surface area (Å²) in [6.07, 6.45) is 8.78. The molecule has 0 aliphatic heterocycles. The van der Waals surface area contributed by atoms with Gasteiger partial charge in [0.2, 0.25) is 0 Å². The monoisotopic (exact) mass is 896 g/mol. The van der Waals surface area contributed by atoms with Crippen LogP contribution in [0, 0.1) is 27.7 Å². The van der Waals surface area contributed by atoms with Gasteiger partial charge in [-0.3, -0.25) is 0 Å². The molecule has 12 rings (SSSR count). The largest absolute Gasteiger partial charge is 0.310 e. The maximum absolute atomic E-state index is 2.47. The van der Waals surface area contributed by atoms with Crippen LogP contribution in [0.5, 0.6) is 0 Å². The number of anilines is 6. The topological polar surface area (TPSA) is 6.48 Å². The number of fused-ring (bicyclic) bond motifs is 4. The van der Waals surface area contributed by atoms with Gasteiger partial charge in [-0.15, -0.1) is 0 Å². The zero-order valence-electron chi connectivity index (χ0n) is 40.0. The molecule has 12 aromatic carbocycles. The highest BCUT2D eigenvalue weighted by molar-refractivity contribution is 6.41. The number of hydrogen-bond acceptors (Lipinski definition) is 2. The Bertz CT molecular complexity index is 3920. The van der Waals surface area contributed by atoms with Crippen LogP contribution in [-0.2, 0) is 0 Å². The molecule has 0 heterocycles. The molecule has 0 radical (unpaired) electrons. The third-order valence-electron chi connectivity index (χ3n) is 14.0. The van der Waals surface area contributed by atoms with E-state index >= 15 is 0 Å². The predicted octanol–water partition coefficient (Wildman–Crippen LogP) is 19.4. The number of nitrogens with zero attached hydrogens (tertiary/aromatic N) is 2. The summed E-state index contributed by atoms with van der Waals surface area (Å²) in [5.74, 6) is 0. The number of aryl methyl sites for hydroxylation is 4. The van der Waals surface area contributed by atoms with E-state index in [1.807, 2.05) is 0 Å². The number of rotatable bonds is 10. The standard InChI is InChI=1S/C68H52N2/c1-45-15-23-49(24-16-45)27-29-51-31-39-54(40-32-51)69(53-35-19-47(3)20-36-53)64-44-43-62-65-57(11-7-13-61(64)65)58-12-8-14-63-67(58)66(62)59-9-5-6-10-60(59)68(63)70(55-37-21-48(4)22-38-55)56-41-33-52(34-42-56)30-28-50-25-17-46(2)18-26-50/h5-44H,1-4H3/b29-27+,30-28+. The average molecular weight is 897 g/mol. The molecule has 0 spiro atoms. The van der Waals surface area contributed by atoms with Gasteiger partial charge in [0.15, 0.2) is 0 Å². The highest BCUT2D eigenvalue weighted by Crippen LogP contribution is 2.52. The Hall–Kier alpha value is -8.72. The molecule has 0 N–H and O–H groups in total. The molecule has 0 aliphatic carbocycles. The summed E-state index contributed by atoms with van der Waals surface area (Å²) in [6.45, 7) is 8.57. The summed E-state index contributed by atoms with van der Waals surface area (Å²) >= 11 is 0. The minimum atomic E-state index is 1.11. The molecule has 0 saturated heterocycles. The molecule has 70 heavy (non-hydrogen) atoms. The Balaban J connectivity index is 1.04. The van der Waals surface area contributed by atoms with E-state index in [2.05, 4.69) is 280 Å². The summed E-state index contributed by atoms with van der Waals surface area (Å²) in [7, 11) is 0. The molecule has 0 fully saturated rings. The van der Waals surface area contributed by atoms with Crippen LogP contribution in [-0.4, -0.2) is 0 Å². The van der Waals surface area contributed by atoms with Crippen molar-refractivity contribution in [2.45, 2.75) is 27.7 Å². The fourth-order valence-electron chi connectivity index (χ4n) is 10.4. The molecule has 0 amide bonds. The lowest BCUT2D eigenvalue weighted by Gasteiger charge is -2.30. The van der Waals surface area contributed by atoms with E-state index in [-0.39, 0.29) is 0 Å². The second-order valence-electron chi connectivity index (χ2n) is 18.9. The van der Waals surface area contributed by atoms with Crippen molar-refractivity contribution in [3.05, 3.63) is 263 Å². The molecule has 0 unspecified atom stereocenters. The molecule has 0 bridgehead atoms. The zero-order valence-corrected chi connectivity index (χ0v) is 40.0. The molecular formula is C68H52N2. The van der Waals surface area contributed by atoms with Crippen LogP contribution in [0.1, 0.15) is 44.5 Å². The van der Waals surface area contributed by atoms with Gasteiger partial charge < -0.3 is 9.80 Å². The van der Waals surface area contributed by atoms with Gasteiger partial charge in [0.1, 0.15) is 0 Å². The quantitative estimate of drug-likeness (QED) is 0.0767. The molecule has 0 aliphatic rings. The van der Waals surface area contributed by atoms with Crippen molar-refractivity contribution in [2.75, 3.05) is 9.80 Å². The normalized spacial score (nSPS) is 11.9. The van der Waals surface area contributed by atoms with E-state index in [1.165, 1.54) is 92.9 Å². The molecule has 12 aromatic rings. The second kappa shape index (κ2) is 17.7. The van der Waals surface area contributed by atoms with E-state index in [0.717, 1.165) is 39.6 Å². The van der Waals surface area contributed by atoms with E-state index in [9.17, 15) is 0 Å². The molecular weight excluding hydrogens is 845 g/mol. The van der Waals surface area contributed by atoms with Crippen molar-refractivity contribution in [2.24, 2.45) is 0 Å². The van der Waals surface area contributed by atoms with Gasteiger partial charge in [0.05, 0.1) is 11.4 Å². The summed E-state index contributed by atoms with van der Waals surface area (Å²) in [4.78, 5) is 4.90. The Labute approximate surface area is 410 Å². The van der Waals surface area contributed by atoms with Crippen LogP contribution in [0.25, 0.3) is 78.2 Å². The van der Waals surface area contributed by atoms with Gasteiger partial charge in [0, 0.05) is 44.3 Å². The first kappa shape index (κ1) is 42.6. The van der Waals surface area contributed by atoms with Gasteiger partial charge in [0.25, 0.3) is 0 Å². The van der Waals surface area contributed by atoms with Crippen LogP contribution in [0.3, 0.4) is 0 Å². The molecule has 0 atom stereocenters. The van der Waals surface area contributed by atoms with Crippen LogP contribution >= 0.6 is 0 Å². The Morgan fingerprint density at radius 1 is 0.243 bits per heavy atom. The van der Waals surface area contributed by atoms with Crippen LogP contribution in [0.2, 0.25) is 0 Å². The second-order valence-corrected chi connectivity index (χ2v) is 18.9. The van der Waals surface area contributed by atoms with Crippen molar-refractivity contribution in [1.82, 2.24) is 0 Å². The number of hydrogen-bond donors (Lipinski definition) is 0. The highest BCUT2D eigenvalue weighted by atomic mass is 15.1. The van der Waals surface area contributed by atoms with Crippen LogP contribution in [0.15, 0.2) is 218 Å². The molecule has 2 nitrogen and oxygen atoms in total. The van der Waals surface area contributed by atoms with Crippen molar-refractivity contribution in [3.63, 3.8) is 0 Å². The lowest BCUT2D eigenvalue weighted by Crippen LogP contribution is -2.12. The summed E-state index contributed by atoms with van der Waals surface area (Å²) < 4.78 is 0. The van der Waals surface area contributed by atoms with Gasteiger partial charge in [-0.05, 0) is 137 Å². The predicted molar refractivity (Wildman–Crippen MR) is 304 cm³/mol. The SMILES string of the molecule is Cc1ccc(/C=C/c2ccc(N(c3ccc(C)cc3)c3ccc4c5c3cccc5c3cccc5c(N(c6ccc(C)cc6)c6ccc(/C=C/c7ccc(C)cc7)cc6)c6ccccc6c4c53)cc2)cc1. The smallest absolute Gasteiger partial charge is 0.0619 e. The Kier molecular flexibility index (Phi) is 10.8. The third-order valence-corrected chi connectivity index (χ3v) is 14.0. The zero-order chi connectivity index (χ0) is 47.3. The molecule has 0 saturated carbocycles. The first-order valence-electron chi connectivity index (χ1n) is 24.3. The first-order chi connectivity index (χ1) is 34.3. The van der Waals surface area contributed by atoms with Crippen molar-refractivity contribution in [1.29, 1.82) is 0 Å². The minimum Gasteiger partial charge on any atom is -0.310 e. The van der Waals surface area contributed by atoms with E-state index < -0.39 is 0 Å². The highest BCUT2D eigenvalue weighted by Gasteiger charge is 2.25. The number of benzene rings is 12. The van der Waals surface area contributed by atoms with Gasteiger partial charge in [-0.1, -0.05) is 210 Å². The van der Waals surface area contributed by atoms with Crippen LogP contribution in [0.4, 0.5) is 34.1 Å². The third kappa shape index (κ3) is 7.74. The van der Waals surface area contributed by atoms with Crippen molar-refractivity contribution < 1.29 is 0 Å². The Morgan fingerprint density at radius 2 is 0.571 bits per heavy atom. The Morgan fingerprint density at radius 3 is 1.06 bits per heavy atom. The van der Waals surface area contributed by atoms with E-state index in [4.69, 9.17) is 0 Å². The van der Waals surface area contributed by atoms with E-state index in [0.29, 0.717) is 0 Å². The average Bonchev–Trinajstić information content (AvgIpc) is 3.40. The first-order valence-corrected chi connectivity index (χ1v) is 24.3. The fraction of sp³-hybridized carbons (Fsp3) is 0.0588.